The fraction of sp³-hybridized carbons (Fsp3) is 0.696. The average molecular weight is 483 g/mol. The van der Waals surface area contributed by atoms with Crippen molar-refractivity contribution in [2.75, 3.05) is 13.1 Å². The van der Waals surface area contributed by atoms with Crippen LogP contribution in [0.3, 0.4) is 0 Å². The van der Waals surface area contributed by atoms with Crippen molar-refractivity contribution in [2.24, 2.45) is 0 Å². The Kier molecular flexibility index (Phi) is 5.75. The van der Waals surface area contributed by atoms with Gasteiger partial charge < -0.3 is 23.8 Å². The molecular formula is C23H35BClN3O5. The van der Waals surface area contributed by atoms with Crippen molar-refractivity contribution in [1.82, 2.24) is 14.8 Å². The Morgan fingerprint density at radius 3 is 2.36 bits per heavy atom. The van der Waals surface area contributed by atoms with E-state index >= 15 is 0 Å². The molecule has 2 aliphatic heterocycles. The zero-order valence-corrected chi connectivity index (χ0v) is 21.3. The number of halogens is 1. The first kappa shape index (κ1) is 21.7. The molecule has 0 radical (unpaired) electrons. The second-order valence-electron chi connectivity index (χ2n) is 10.7. The van der Waals surface area contributed by atoms with Gasteiger partial charge in [0.15, 0.2) is 0 Å². The molecule has 0 unspecified atom stereocenters. The van der Waals surface area contributed by atoms with Crippen LogP contribution in [0.5, 0.6) is 0 Å². The fourth-order valence-electron chi connectivity index (χ4n) is 3.98. The van der Waals surface area contributed by atoms with Crippen LogP contribution in [0.4, 0.5) is 4.79 Å². The van der Waals surface area contributed by atoms with Crippen molar-refractivity contribution in [3.05, 3.63) is 22.8 Å². The summed E-state index contributed by atoms with van der Waals surface area (Å²) < 4.78 is 41.0. The van der Waals surface area contributed by atoms with Gasteiger partial charge in [-0.05, 0) is 73.1 Å². The minimum atomic E-state index is -2.86. The van der Waals surface area contributed by atoms with Crippen LogP contribution in [0.25, 0.3) is 0 Å². The Hall–Kier alpha value is -1.84. The Morgan fingerprint density at radius 1 is 1.21 bits per heavy atom. The molecule has 182 valence electrons. The normalized spacial score (nSPS) is 26.5. The first-order valence-electron chi connectivity index (χ1n) is 12.6. The summed E-state index contributed by atoms with van der Waals surface area (Å²) in [7, 11) is -0.817. The summed E-state index contributed by atoms with van der Waals surface area (Å²) >= 11 is 6.39. The van der Waals surface area contributed by atoms with Crippen molar-refractivity contribution in [1.29, 1.82) is 0 Å². The van der Waals surface area contributed by atoms with Crippen LogP contribution in [0.15, 0.2) is 12.1 Å². The summed E-state index contributed by atoms with van der Waals surface area (Å²) in [6.07, 6.45) is -0.549. The lowest BCUT2D eigenvalue weighted by Crippen LogP contribution is -2.57. The molecule has 2 aliphatic rings. The lowest BCUT2D eigenvalue weighted by atomic mass is 9.82. The smallest absolute Gasteiger partial charge is 0.444 e. The monoisotopic (exact) mass is 482 g/mol. The molecule has 10 heteroatoms. The van der Waals surface area contributed by atoms with Crippen LogP contribution < -0.4 is 5.59 Å². The summed E-state index contributed by atoms with van der Waals surface area (Å²) in [6, 6.07) is 1.84. The first-order valence-corrected chi connectivity index (χ1v) is 11.4. The summed E-state index contributed by atoms with van der Waals surface area (Å²) in [5.41, 5.74) is -1.04. The van der Waals surface area contributed by atoms with Crippen molar-refractivity contribution in [2.45, 2.75) is 91.1 Å². The summed E-state index contributed by atoms with van der Waals surface area (Å²) in [5.74, 6) is -1.01. The number of carbonyl (C=O) groups is 2. The van der Waals surface area contributed by atoms with Gasteiger partial charge in [0.1, 0.15) is 10.8 Å². The van der Waals surface area contributed by atoms with Gasteiger partial charge in [-0.15, -0.1) is 0 Å². The zero-order chi connectivity index (χ0) is 27.4. The highest BCUT2D eigenvalue weighted by molar-refractivity contribution is 6.61. The molecule has 0 aromatic carbocycles. The maximum atomic E-state index is 13.0. The predicted octanol–water partition coefficient (Wildman–Crippen LogP) is 3.56. The molecule has 33 heavy (non-hydrogen) atoms. The Morgan fingerprint density at radius 2 is 1.82 bits per heavy atom. The largest absolute Gasteiger partial charge is 0.514 e. The first-order chi connectivity index (χ1) is 16.2. The molecule has 3 heterocycles. The molecule has 2 fully saturated rings. The van der Waals surface area contributed by atoms with Gasteiger partial charge in [0.05, 0.1) is 22.8 Å². The molecule has 0 aliphatic carbocycles. The standard InChI is InChI=1S/C23H35BClN3O5/c1-14-12-27(20(30)31-21(3,4)5)13-17(28(14)15(2)29)16-10-18(26-19(25)11-16)24-32-22(6,7)23(8,9)33-24/h10-11,14,17H,12-13H2,1-9H3/t14-,17+/m1/s1/i2D3. The number of nitrogens with zero attached hydrogens (tertiary/aromatic N) is 3. The molecule has 1 aromatic rings. The van der Waals surface area contributed by atoms with Gasteiger partial charge in [0.2, 0.25) is 5.91 Å². The number of ether oxygens (including phenoxy) is 1. The zero-order valence-electron chi connectivity index (χ0n) is 23.6. The highest BCUT2D eigenvalue weighted by Gasteiger charge is 2.52. The lowest BCUT2D eigenvalue weighted by Gasteiger charge is -2.45. The van der Waals surface area contributed by atoms with E-state index in [1.165, 1.54) is 9.80 Å². The Balaban J connectivity index is 2.03. The molecule has 1 aromatic heterocycles. The molecule has 2 atom stereocenters. The second-order valence-corrected chi connectivity index (χ2v) is 11.1. The van der Waals surface area contributed by atoms with E-state index < -0.39 is 54.9 Å². The molecule has 0 bridgehead atoms. The molecule has 8 nitrogen and oxygen atoms in total. The van der Waals surface area contributed by atoms with Crippen LogP contribution >= 0.6 is 11.6 Å². The van der Waals surface area contributed by atoms with Crippen molar-refractivity contribution >= 4 is 36.3 Å². The number of amides is 2. The molecule has 2 saturated heterocycles. The van der Waals surface area contributed by atoms with Gasteiger partial charge in [0.25, 0.3) is 0 Å². The summed E-state index contributed by atoms with van der Waals surface area (Å²) in [4.78, 5) is 33.1. The number of piperazine rings is 1. The number of hydrogen-bond donors (Lipinski definition) is 0. The molecule has 0 N–H and O–H groups in total. The highest BCUT2D eigenvalue weighted by Crippen LogP contribution is 2.37. The van der Waals surface area contributed by atoms with Gasteiger partial charge >= 0.3 is 13.2 Å². The maximum absolute atomic E-state index is 13.0. The molecular weight excluding hydrogens is 445 g/mol. The topological polar surface area (TPSA) is 81.2 Å². The van der Waals surface area contributed by atoms with E-state index in [-0.39, 0.29) is 18.2 Å². The minimum Gasteiger partial charge on any atom is -0.444 e. The van der Waals surface area contributed by atoms with Gasteiger partial charge in [0, 0.05) is 30.1 Å². The van der Waals surface area contributed by atoms with Gasteiger partial charge in [-0.25, -0.2) is 9.78 Å². The second kappa shape index (κ2) is 8.75. The van der Waals surface area contributed by atoms with E-state index in [9.17, 15) is 9.59 Å². The van der Waals surface area contributed by atoms with E-state index in [1.807, 2.05) is 27.7 Å². The quantitative estimate of drug-likeness (QED) is 0.473. The van der Waals surface area contributed by atoms with Gasteiger partial charge in [-0.3, -0.25) is 4.79 Å². The van der Waals surface area contributed by atoms with Gasteiger partial charge in [-0.1, -0.05) is 11.6 Å². The molecule has 2 amide bonds. The van der Waals surface area contributed by atoms with Crippen LogP contribution in [0.1, 0.15) is 78.0 Å². The molecule has 3 rings (SSSR count). The summed E-state index contributed by atoms with van der Waals surface area (Å²) in [5, 5.41) is 0.125. The third kappa shape index (κ3) is 5.47. The van der Waals surface area contributed by atoms with E-state index in [0.717, 1.165) is 0 Å². The number of carbonyl (C=O) groups excluding carboxylic acids is 2. The number of rotatable bonds is 2. The third-order valence-electron chi connectivity index (χ3n) is 6.29. The summed E-state index contributed by atoms with van der Waals surface area (Å²) in [6.45, 7) is 11.9. The highest BCUT2D eigenvalue weighted by atomic mass is 35.5. The van der Waals surface area contributed by atoms with Gasteiger partial charge in [-0.2, -0.15) is 0 Å². The van der Waals surface area contributed by atoms with Crippen molar-refractivity contribution < 1.29 is 27.7 Å². The van der Waals surface area contributed by atoms with Crippen LogP contribution in [0, 0.1) is 0 Å². The number of pyridine rings is 1. The maximum Gasteiger partial charge on any atom is 0.514 e. The van der Waals surface area contributed by atoms with E-state index in [4.69, 9.17) is 29.8 Å². The van der Waals surface area contributed by atoms with Crippen molar-refractivity contribution in [3.8, 4) is 0 Å². The van der Waals surface area contributed by atoms with E-state index in [0.29, 0.717) is 11.2 Å². The lowest BCUT2D eigenvalue weighted by molar-refractivity contribution is -0.137. The van der Waals surface area contributed by atoms with Crippen LogP contribution in [0.2, 0.25) is 5.15 Å². The average Bonchev–Trinajstić information content (AvgIpc) is 2.91. The van der Waals surface area contributed by atoms with Crippen LogP contribution in [-0.4, -0.2) is 69.8 Å². The minimum absolute atomic E-state index is 0.0181. The third-order valence-corrected chi connectivity index (χ3v) is 6.48. The fourth-order valence-corrected chi connectivity index (χ4v) is 4.21. The number of aromatic nitrogens is 1. The van der Waals surface area contributed by atoms with Crippen molar-refractivity contribution in [3.63, 3.8) is 0 Å². The SMILES string of the molecule is [2H]C([2H])([2H])C(=O)N1[C@H](C)CN(C(=O)OC(C)(C)C)C[C@H]1c1cc(Cl)nc(B2OC(C)(C)C(C)(C)O2)c1. The Bertz CT molecular complexity index is 1020. The van der Waals surface area contributed by atoms with E-state index in [1.54, 1.807) is 39.8 Å². The van der Waals surface area contributed by atoms with E-state index in [2.05, 4.69) is 4.98 Å². The number of hydrogen-bond acceptors (Lipinski definition) is 6. The Labute approximate surface area is 206 Å². The molecule has 0 spiro atoms. The van der Waals surface area contributed by atoms with Crippen LogP contribution in [-0.2, 0) is 18.8 Å². The molecule has 0 saturated carbocycles. The predicted molar refractivity (Wildman–Crippen MR) is 127 cm³/mol.